The zero-order valence-corrected chi connectivity index (χ0v) is 34.4. The maximum Gasteiger partial charge on any atom is 0.136 e. The number of rotatable bonds is 8. The van der Waals surface area contributed by atoms with Crippen molar-refractivity contribution in [1.29, 1.82) is 0 Å². The van der Waals surface area contributed by atoms with E-state index < -0.39 is 0 Å². The molecule has 63 heavy (non-hydrogen) atoms. The molecule has 0 saturated carbocycles. The highest BCUT2D eigenvalue weighted by Gasteiger charge is 2.18. The first-order chi connectivity index (χ1) is 31.2. The summed E-state index contributed by atoms with van der Waals surface area (Å²) in [4.78, 5) is 2.34. The second-order valence-corrected chi connectivity index (χ2v) is 16.1. The van der Waals surface area contributed by atoms with E-state index in [1.807, 2.05) is 12.1 Å². The number of hydrogen-bond acceptors (Lipinski definition) is 2. The summed E-state index contributed by atoms with van der Waals surface area (Å²) in [5, 5.41) is 4.78. The lowest BCUT2D eigenvalue weighted by molar-refractivity contribution is 0.669. The first-order valence-corrected chi connectivity index (χ1v) is 21.5. The van der Waals surface area contributed by atoms with E-state index in [9.17, 15) is 0 Å². The van der Waals surface area contributed by atoms with Gasteiger partial charge in [-0.3, -0.25) is 0 Å². The Bertz CT molecular complexity index is 3530. The molecule has 0 radical (unpaired) electrons. The Morgan fingerprint density at radius 1 is 0.286 bits per heavy atom. The van der Waals surface area contributed by atoms with Crippen molar-refractivity contribution in [2.24, 2.45) is 0 Å². The number of anilines is 3. The van der Waals surface area contributed by atoms with Crippen molar-refractivity contribution in [3.8, 4) is 50.2 Å². The monoisotopic (exact) mass is 804 g/mol. The second-order valence-electron chi connectivity index (χ2n) is 16.1. The first kappa shape index (κ1) is 36.5. The SMILES string of the molecule is c1ccc(-c2ccc(-c3ccc(N(c4ccc(-c5ccc6c(c5)oc5ccccc56)cc4)c4ccc(-c5ccccc5-n5c6ccccc6c6ccccc65)cc4)cc3)cc2)cc1. The first-order valence-electron chi connectivity index (χ1n) is 21.5. The summed E-state index contributed by atoms with van der Waals surface area (Å²) in [6.07, 6.45) is 0. The van der Waals surface area contributed by atoms with Crippen molar-refractivity contribution < 1.29 is 4.42 Å². The number of benzene rings is 10. The molecule has 0 N–H and O–H groups in total. The minimum atomic E-state index is 0.897. The molecule has 2 heterocycles. The molecule has 0 saturated heterocycles. The molecule has 296 valence electrons. The van der Waals surface area contributed by atoms with Crippen LogP contribution in [0.2, 0.25) is 0 Å². The Hall–Kier alpha value is -8.40. The quantitative estimate of drug-likeness (QED) is 0.153. The molecule has 0 spiro atoms. The number of para-hydroxylation sites is 4. The number of furan rings is 1. The van der Waals surface area contributed by atoms with E-state index in [1.165, 1.54) is 49.6 Å². The summed E-state index contributed by atoms with van der Waals surface area (Å²) in [7, 11) is 0. The Morgan fingerprint density at radius 2 is 0.698 bits per heavy atom. The lowest BCUT2D eigenvalue weighted by Crippen LogP contribution is -2.09. The van der Waals surface area contributed by atoms with Gasteiger partial charge < -0.3 is 13.9 Å². The van der Waals surface area contributed by atoms with Crippen molar-refractivity contribution in [1.82, 2.24) is 4.57 Å². The Kier molecular flexibility index (Phi) is 8.83. The molecule has 0 aliphatic rings. The van der Waals surface area contributed by atoms with Crippen LogP contribution in [0, 0.1) is 0 Å². The van der Waals surface area contributed by atoms with E-state index in [-0.39, 0.29) is 0 Å². The number of hydrogen-bond donors (Lipinski definition) is 0. The molecule has 12 aromatic rings. The fourth-order valence-electron chi connectivity index (χ4n) is 9.33. The Balaban J connectivity index is 0.919. The molecule has 0 atom stereocenters. The van der Waals surface area contributed by atoms with Crippen LogP contribution >= 0.6 is 0 Å². The lowest BCUT2D eigenvalue weighted by atomic mass is 9.99. The van der Waals surface area contributed by atoms with Gasteiger partial charge in [-0.2, -0.15) is 0 Å². The molecule has 0 aliphatic carbocycles. The minimum absolute atomic E-state index is 0.897. The summed E-state index contributed by atoms with van der Waals surface area (Å²) in [6.45, 7) is 0. The van der Waals surface area contributed by atoms with E-state index >= 15 is 0 Å². The average Bonchev–Trinajstić information content (AvgIpc) is 3.91. The molecule has 0 aliphatic heterocycles. The van der Waals surface area contributed by atoms with E-state index in [2.05, 4.69) is 240 Å². The molecule has 3 heteroatoms. The topological polar surface area (TPSA) is 21.3 Å². The minimum Gasteiger partial charge on any atom is -0.456 e. The Labute approximate surface area is 366 Å². The van der Waals surface area contributed by atoms with Crippen LogP contribution in [0.3, 0.4) is 0 Å². The third-order valence-corrected chi connectivity index (χ3v) is 12.4. The maximum absolute atomic E-state index is 6.26. The van der Waals surface area contributed by atoms with Gasteiger partial charge in [-0.25, -0.2) is 0 Å². The maximum atomic E-state index is 6.26. The van der Waals surface area contributed by atoms with E-state index in [0.717, 1.165) is 61.4 Å². The van der Waals surface area contributed by atoms with Gasteiger partial charge in [-0.15, -0.1) is 0 Å². The van der Waals surface area contributed by atoms with Gasteiger partial charge in [0.1, 0.15) is 11.2 Å². The van der Waals surface area contributed by atoms with E-state index in [0.29, 0.717) is 0 Å². The van der Waals surface area contributed by atoms with Gasteiger partial charge in [0, 0.05) is 44.2 Å². The van der Waals surface area contributed by atoms with Crippen LogP contribution in [-0.4, -0.2) is 4.57 Å². The zero-order chi connectivity index (χ0) is 41.7. The van der Waals surface area contributed by atoms with Gasteiger partial charge in [0.05, 0.1) is 16.7 Å². The highest BCUT2D eigenvalue weighted by molar-refractivity contribution is 6.10. The molecule has 0 bridgehead atoms. The second kappa shape index (κ2) is 15.3. The summed E-state index contributed by atoms with van der Waals surface area (Å²) in [5.41, 5.74) is 18.0. The molecular formula is C60H40N2O. The molecule has 10 aromatic carbocycles. The van der Waals surface area contributed by atoms with Gasteiger partial charge in [0.2, 0.25) is 0 Å². The number of nitrogens with zero attached hydrogens (tertiary/aromatic N) is 2. The van der Waals surface area contributed by atoms with Gasteiger partial charge in [-0.05, 0) is 112 Å². The van der Waals surface area contributed by atoms with Crippen molar-refractivity contribution in [2.75, 3.05) is 4.90 Å². The van der Waals surface area contributed by atoms with E-state index in [1.54, 1.807) is 0 Å². The van der Waals surface area contributed by atoms with Gasteiger partial charge >= 0.3 is 0 Å². The van der Waals surface area contributed by atoms with Crippen LogP contribution in [-0.2, 0) is 0 Å². The van der Waals surface area contributed by atoms with Crippen molar-refractivity contribution >= 4 is 60.8 Å². The Morgan fingerprint density at radius 3 is 1.30 bits per heavy atom. The standard InChI is InChI=1S/C60H40N2O/c1-2-12-41(13-3-1)42-22-24-43(25-23-42)44-26-33-48(34-27-44)61(49-35-28-45(29-36-49)47-32-39-55-54-17-7-11-21-59(54)63-60(55)40-47)50-37-30-46(31-38-50)51-14-4-8-18-56(51)62-57-19-9-5-15-52(57)53-16-6-10-20-58(53)62/h1-40H. The normalized spacial score (nSPS) is 11.5. The van der Waals surface area contributed by atoms with Gasteiger partial charge in [0.25, 0.3) is 0 Å². The predicted octanol–water partition coefficient (Wildman–Crippen LogP) is 16.8. The summed E-state index contributed by atoms with van der Waals surface area (Å²) in [5.74, 6) is 0. The van der Waals surface area contributed by atoms with Crippen molar-refractivity contribution in [3.63, 3.8) is 0 Å². The highest BCUT2D eigenvalue weighted by atomic mass is 16.3. The van der Waals surface area contributed by atoms with Crippen LogP contribution in [0.15, 0.2) is 247 Å². The molecule has 0 amide bonds. The smallest absolute Gasteiger partial charge is 0.136 e. The summed E-state index contributed by atoms with van der Waals surface area (Å²) in [6, 6.07) is 87.1. The summed E-state index contributed by atoms with van der Waals surface area (Å²) < 4.78 is 8.67. The fraction of sp³-hybridized carbons (Fsp3) is 0. The van der Waals surface area contributed by atoms with Crippen LogP contribution < -0.4 is 4.90 Å². The molecule has 0 fully saturated rings. The number of aromatic nitrogens is 1. The van der Waals surface area contributed by atoms with Crippen LogP contribution in [0.25, 0.3) is 93.9 Å². The van der Waals surface area contributed by atoms with Gasteiger partial charge in [-0.1, -0.05) is 170 Å². The zero-order valence-electron chi connectivity index (χ0n) is 34.4. The molecular weight excluding hydrogens is 765 g/mol. The van der Waals surface area contributed by atoms with Crippen molar-refractivity contribution in [2.45, 2.75) is 0 Å². The fourth-order valence-corrected chi connectivity index (χ4v) is 9.33. The lowest BCUT2D eigenvalue weighted by Gasteiger charge is -2.26. The molecule has 3 nitrogen and oxygen atoms in total. The third kappa shape index (κ3) is 6.46. The van der Waals surface area contributed by atoms with Gasteiger partial charge in [0.15, 0.2) is 0 Å². The highest BCUT2D eigenvalue weighted by Crippen LogP contribution is 2.41. The van der Waals surface area contributed by atoms with E-state index in [4.69, 9.17) is 4.42 Å². The van der Waals surface area contributed by atoms with Crippen molar-refractivity contribution in [3.05, 3.63) is 243 Å². The molecule has 2 aromatic heterocycles. The average molecular weight is 805 g/mol. The molecule has 0 unspecified atom stereocenters. The van der Waals surface area contributed by atoms with Crippen LogP contribution in [0.4, 0.5) is 17.1 Å². The molecule has 12 rings (SSSR count). The third-order valence-electron chi connectivity index (χ3n) is 12.4. The van der Waals surface area contributed by atoms with Crippen LogP contribution in [0.1, 0.15) is 0 Å². The number of fused-ring (bicyclic) bond motifs is 6. The largest absolute Gasteiger partial charge is 0.456 e. The summed E-state index contributed by atoms with van der Waals surface area (Å²) >= 11 is 0. The predicted molar refractivity (Wildman–Crippen MR) is 264 cm³/mol. The van der Waals surface area contributed by atoms with Crippen LogP contribution in [0.5, 0.6) is 0 Å².